The minimum absolute atomic E-state index is 0.238. The van der Waals surface area contributed by atoms with Gasteiger partial charge in [-0.15, -0.1) is 13.2 Å². The fourth-order valence-corrected chi connectivity index (χ4v) is 4.95. The van der Waals surface area contributed by atoms with Crippen molar-refractivity contribution in [3.63, 3.8) is 0 Å². The monoisotopic (exact) mass is 515 g/mol. The average molecular weight is 516 g/mol. The van der Waals surface area contributed by atoms with Crippen LogP contribution < -0.4 is 15.4 Å². The van der Waals surface area contributed by atoms with Crippen molar-refractivity contribution in [3.8, 4) is 22.8 Å². The van der Waals surface area contributed by atoms with Gasteiger partial charge < -0.3 is 14.6 Å². The molecular formula is C29H24F3N5O. The second-order valence-corrected chi connectivity index (χ2v) is 9.27. The summed E-state index contributed by atoms with van der Waals surface area (Å²) in [6.07, 6.45) is 3.12. The molecule has 3 aromatic rings. The van der Waals surface area contributed by atoms with Gasteiger partial charge >= 0.3 is 6.36 Å². The van der Waals surface area contributed by atoms with Crippen LogP contribution in [0, 0.1) is 0 Å². The van der Waals surface area contributed by atoms with E-state index in [0.29, 0.717) is 5.69 Å². The zero-order chi connectivity index (χ0) is 26.1. The molecule has 0 bridgehead atoms. The summed E-state index contributed by atoms with van der Waals surface area (Å²) >= 11 is 0. The van der Waals surface area contributed by atoms with E-state index in [2.05, 4.69) is 15.0 Å². The highest BCUT2D eigenvalue weighted by Gasteiger charge is 2.31. The SMILES string of the molecule is FC(F)(F)Oc1ccc(-n2c3c/c(=N\C4CCCC4)c(Nc4cccnc4)cc-3nc3ccccc32)cc1. The van der Waals surface area contributed by atoms with Gasteiger partial charge in [0.05, 0.1) is 51.4 Å². The lowest BCUT2D eigenvalue weighted by Crippen LogP contribution is -2.18. The molecular weight excluding hydrogens is 491 g/mol. The highest BCUT2D eigenvalue weighted by molar-refractivity contribution is 5.84. The Hall–Kier alpha value is -4.40. The molecule has 2 heterocycles. The van der Waals surface area contributed by atoms with Gasteiger partial charge in [-0.25, -0.2) is 4.98 Å². The summed E-state index contributed by atoms with van der Waals surface area (Å²) in [6.45, 7) is 0. The summed E-state index contributed by atoms with van der Waals surface area (Å²) in [5.41, 5.74) is 5.43. The first-order valence-corrected chi connectivity index (χ1v) is 12.5. The molecule has 2 aliphatic carbocycles. The highest BCUT2D eigenvalue weighted by atomic mass is 19.4. The molecule has 38 heavy (non-hydrogen) atoms. The summed E-state index contributed by atoms with van der Waals surface area (Å²) in [7, 11) is 0. The number of hydrogen-bond donors (Lipinski definition) is 1. The number of ether oxygens (including phenoxy) is 1. The fourth-order valence-electron chi connectivity index (χ4n) is 4.95. The molecule has 1 fully saturated rings. The van der Waals surface area contributed by atoms with Crippen LogP contribution in [0.2, 0.25) is 0 Å². The molecule has 9 heteroatoms. The first-order valence-electron chi connectivity index (χ1n) is 12.5. The molecule has 3 aliphatic rings. The van der Waals surface area contributed by atoms with E-state index in [1.165, 1.54) is 12.1 Å². The van der Waals surface area contributed by atoms with Gasteiger partial charge in [0.15, 0.2) is 0 Å². The molecule has 0 unspecified atom stereocenters. The predicted octanol–water partition coefficient (Wildman–Crippen LogP) is 7.01. The lowest BCUT2D eigenvalue weighted by atomic mass is 10.1. The number of benzene rings is 3. The van der Waals surface area contributed by atoms with E-state index < -0.39 is 6.36 Å². The maximum absolute atomic E-state index is 12.7. The Labute approximate surface area is 216 Å². The van der Waals surface area contributed by atoms with Gasteiger partial charge in [0.25, 0.3) is 0 Å². The van der Waals surface area contributed by atoms with Crippen LogP contribution in [0.4, 0.5) is 24.5 Å². The Kier molecular flexibility index (Phi) is 6.19. The van der Waals surface area contributed by atoms with Gasteiger partial charge in [-0.05, 0) is 73.5 Å². The van der Waals surface area contributed by atoms with Crippen molar-refractivity contribution in [2.24, 2.45) is 4.99 Å². The zero-order valence-electron chi connectivity index (χ0n) is 20.3. The van der Waals surface area contributed by atoms with E-state index >= 15 is 0 Å². The summed E-state index contributed by atoms with van der Waals surface area (Å²) in [6, 6.07) is 21.6. The van der Waals surface area contributed by atoms with Crippen molar-refractivity contribution in [3.05, 3.63) is 90.5 Å². The second kappa shape index (κ2) is 9.81. The summed E-state index contributed by atoms with van der Waals surface area (Å²) in [5, 5.41) is 4.25. The number of para-hydroxylation sites is 2. The molecule has 2 aromatic carbocycles. The first kappa shape index (κ1) is 24.0. The Morgan fingerprint density at radius 3 is 2.47 bits per heavy atom. The number of fused-ring (bicyclic) bond motifs is 2. The number of pyridine rings is 1. The Bertz CT molecular complexity index is 1610. The molecule has 1 N–H and O–H groups in total. The number of anilines is 2. The van der Waals surface area contributed by atoms with E-state index in [9.17, 15) is 13.2 Å². The van der Waals surface area contributed by atoms with E-state index in [4.69, 9.17) is 9.98 Å². The molecule has 192 valence electrons. The lowest BCUT2D eigenvalue weighted by Gasteiger charge is -2.21. The first-order chi connectivity index (χ1) is 18.4. The number of aromatic nitrogens is 3. The number of rotatable bonds is 5. The second-order valence-electron chi connectivity index (χ2n) is 9.27. The van der Waals surface area contributed by atoms with Gasteiger partial charge in [-0.2, -0.15) is 0 Å². The van der Waals surface area contributed by atoms with Crippen LogP contribution in [0.15, 0.2) is 90.2 Å². The van der Waals surface area contributed by atoms with Crippen LogP contribution in [0.25, 0.3) is 28.1 Å². The number of halogens is 3. The fraction of sp³-hybridized carbons (Fsp3) is 0.207. The van der Waals surface area contributed by atoms with Gasteiger partial charge in [0.2, 0.25) is 0 Å². The molecule has 0 saturated heterocycles. The smallest absolute Gasteiger partial charge is 0.406 e. The van der Waals surface area contributed by atoms with E-state index in [1.807, 2.05) is 53.1 Å². The molecule has 6 nitrogen and oxygen atoms in total. The lowest BCUT2D eigenvalue weighted by molar-refractivity contribution is -0.274. The molecule has 0 spiro atoms. The molecule has 1 saturated carbocycles. The van der Waals surface area contributed by atoms with Crippen molar-refractivity contribution in [1.82, 2.24) is 14.5 Å². The molecule has 1 aromatic heterocycles. The Morgan fingerprint density at radius 1 is 0.947 bits per heavy atom. The van der Waals surface area contributed by atoms with Crippen LogP contribution in [-0.2, 0) is 0 Å². The summed E-state index contributed by atoms with van der Waals surface area (Å²) in [4.78, 5) is 14.2. The number of nitrogens with one attached hydrogen (secondary N) is 1. The maximum atomic E-state index is 12.7. The van der Waals surface area contributed by atoms with Gasteiger partial charge in [0.1, 0.15) is 5.75 Å². The van der Waals surface area contributed by atoms with Crippen LogP contribution in [-0.4, -0.2) is 26.9 Å². The van der Waals surface area contributed by atoms with Gasteiger partial charge in [-0.1, -0.05) is 25.0 Å². The van der Waals surface area contributed by atoms with E-state index in [1.54, 1.807) is 24.5 Å². The summed E-state index contributed by atoms with van der Waals surface area (Å²) in [5.74, 6) is -0.274. The van der Waals surface area contributed by atoms with Crippen molar-refractivity contribution >= 4 is 22.4 Å². The average Bonchev–Trinajstić information content (AvgIpc) is 3.41. The van der Waals surface area contributed by atoms with Crippen LogP contribution in [0.3, 0.4) is 0 Å². The number of alkyl halides is 3. The Balaban J connectivity index is 1.56. The molecule has 0 atom stereocenters. The molecule has 1 aliphatic heterocycles. The topological polar surface area (TPSA) is 64.3 Å². The standard InChI is InChI=1S/C29H24F3N5O/c30-29(31,32)38-22-13-11-21(12-14-22)37-27-10-4-3-9-23(27)36-26-16-24(35-20-8-5-15-33-18-20)25(17-28(26)37)34-19-6-1-2-7-19/h3-5,8-19,35H,1-2,6-7H2/b34-25+. The maximum Gasteiger partial charge on any atom is 0.573 e. The third kappa shape index (κ3) is 5.04. The van der Waals surface area contributed by atoms with Crippen molar-refractivity contribution < 1.29 is 17.9 Å². The Morgan fingerprint density at radius 2 is 1.74 bits per heavy atom. The molecule has 0 radical (unpaired) electrons. The minimum Gasteiger partial charge on any atom is -0.406 e. The highest BCUT2D eigenvalue weighted by Crippen LogP contribution is 2.32. The molecule has 0 amide bonds. The normalized spacial score (nSPS) is 14.9. The van der Waals surface area contributed by atoms with Crippen molar-refractivity contribution in [1.29, 1.82) is 0 Å². The largest absolute Gasteiger partial charge is 0.573 e. The quantitative estimate of drug-likeness (QED) is 0.256. The third-order valence-corrected chi connectivity index (χ3v) is 6.61. The predicted molar refractivity (Wildman–Crippen MR) is 140 cm³/mol. The zero-order valence-corrected chi connectivity index (χ0v) is 20.3. The van der Waals surface area contributed by atoms with Crippen LogP contribution >= 0.6 is 0 Å². The van der Waals surface area contributed by atoms with E-state index in [0.717, 1.165) is 64.8 Å². The third-order valence-electron chi connectivity index (χ3n) is 6.61. The van der Waals surface area contributed by atoms with Crippen molar-refractivity contribution in [2.75, 3.05) is 5.32 Å². The van der Waals surface area contributed by atoms with Gasteiger partial charge in [0, 0.05) is 11.9 Å². The van der Waals surface area contributed by atoms with Crippen LogP contribution in [0.5, 0.6) is 5.75 Å². The van der Waals surface area contributed by atoms with Crippen LogP contribution in [0.1, 0.15) is 25.7 Å². The summed E-state index contributed by atoms with van der Waals surface area (Å²) < 4.78 is 44.3. The number of nitrogens with zero attached hydrogens (tertiary/aromatic N) is 4. The van der Waals surface area contributed by atoms with Crippen molar-refractivity contribution in [2.45, 2.75) is 38.1 Å². The van der Waals surface area contributed by atoms with Gasteiger partial charge in [-0.3, -0.25) is 9.98 Å². The molecule has 6 rings (SSSR count). The number of hydrogen-bond acceptors (Lipinski definition) is 5. The minimum atomic E-state index is -4.75. The van der Waals surface area contributed by atoms with E-state index in [-0.39, 0.29) is 11.8 Å².